The molecule has 0 N–H and O–H groups in total. The summed E-state index contributed by atoms with van der Waals surface area (Å²) in [5, 5.41) is 0.949. The fourth-order valence-electron chi connectivity index (χ4n) is 2.17. The van der Waals surface area contributed by atoms with Gasteiger partial charge in [-0.25, -0.2) is 0 Å². The average molecular weight is 385 g/mol. The first-order valence-corrected chi connectivity index (χ1v) is 8.53. The Balaban J connectivity index is 1.66. The van der Waals surface area contributed by atoms with Crippen molar-refractivity contribution in [3.8, 4) is 11.5 Å². The minimum atomic E-state index is -0.197. The maximum absolute atomic E-state index is 12.2. The topological polar surface area (TPSA) is 39.4 Å². The summed E-state index contributed by atoms with van der Waals surface area (Å²) in [6.45, 7) is 0. The molecule has 3 aromatic rings. The Kier molecular flexibility index (Phi) is 5.95. The smallest absolute Gasteiger partial charge is 0.187 e. The second kappa shape index (κ2) is 8.56. The number of rotatable bonds is 6. The first-order valence-electron chi connectivity index (χ1n) is 7.77. The molecule has 0 radical (unpaired) electrons. The molecule has 26 heavy (non-hydrogen) atoms. The van der Waals surface area contributed by atoms with E-state index in [-0.39, 0.29) is 5.78 Å². The number of hydrogen-bond acceptors (Lipinski definition) is 3. The first kappa shape index (κ1) is 18.1. The lowest BCUT2D eigenvalue weighted by Crippen LogP contribution is -1.96. The highest BCUT2D eigenvalue weighted by Crippen LogP contribution is 2.28. The highest BCUT2D eigenvalue weighted by molar-refractivity contribution is 6.34. The Morgan fingerprint density at radius 1 is 0.962 bits per heavy atom. The zero-order chi connectivity index (χ0) is 18.4. The van der Waals surface area contributed by atoms with Gasteiger partial charge in [-0.1, -0.05) is 35.4 Å². The summed E-state index contributed by atoms with van der Waals surface area (Å²) in [5.41, 5.74) is 0.401. The summed E-state index contributed by atoms with van der Waals surface area (Å²) in [7, 11) is 0. The average Bonchev–Trinajstić information content (AvgIpc) is 3.14. The first-order chi connectivity index (χ1) is 12.6. The Labute approximate surface area is 161 Å². The Hall–Kier alpha value is -2.75. The molecule has 0 saturated carbocycles. The third-order valence-electron chi connectivity index (χ3n) is 3.42. The Bertz CT molecular complexity index is 940. The minimum absolute atomic E-state index is 0.197. The predicted molar refractivity (Wildman–Crippen MR) is 104 cm³/mol. The van der Waals surface area contributed by atoms with Gasteiger partial charge in [0.1, 0.15) is 17.3 Å². The van der Waals surface area contributed by atoms with Gasteiger partial charge in [0.25, 0.3) is 0 Å². The number of ether oxygens (including phenoxy) is 1. The molecular weight excluding hydrogens is 371 g/mol. The van der Waals surface area contributed by atoms with Crippen LogP contribution in [0.1, 0.15) is 16.1 Å². The SMILES string of the molecule is O=C(C=CC=Cc1ccco1)c1ccc(Oc2ccc(Cl)cc2)cc1Cl. The van der Waals surface area contributed by atoms with Gasteiger partial charge in [0.05, 0.1) is 11.3 Å². The predicted octanol–water partition coefficient (Wildman–Crippen LogP) is 6.83. The number of benzene rings is 2. The lowest BCUT2D eigenvalue weighted by atomic mass is 10.1. The highest BCUT2D eigenvalue weighted by Gasteiger charge is 2.09. The zero-order valence-electron chi connectivity index (χ0n) is 13.6. The molecule has 0 atom stereocenters. The van der Waals surface area contributed by atoms with Gasteiger partial charge in [0.15, 0.2) is 5.78 Å². The van der Waals surface area contributed by atoms with E-state index in [1.54, 1.807) is 73.0 Å². The second-order valence-electron chi connectivity index (χ2n) is 5.30. The molecule has 130 valence electrons. The third kappa shape index (κ3) is 4.88. The molecule has 0 saturated heterocycles. The minimum Gasteiger partial charge on any atom is -0.465 e. The van der Waals surface area contributed by atoms with Crippen molar-refractivity contribution in [3.05, 3.63) is 100 Å². The van der Waals surface area contributed by atoms with Crippen LogP contribution >= 0.6 is 23.2 Å². The fourth-order valence-corrected chi connectivity index (χ4v) is 2.56. The normalized spacial score (nSPS) is 11.3. The van der Waals surface area contributed by atoms with Crippen molar-refractivity contribution in [2.24, 2.45) is 0 Å². The van der Waals surface area contributed by atoms with Crippen LogP contribution in [0.15, 0.2) is 83.5 Å². The Morgan fingerprint density at radius 2 is 1.73 bits per heavy atom. The van der Waals surface area contributed by atoms with Gasteiger partial charge in [-0.15, -0.1) is 0 Å². The molecule has 0 bridgehead atoms. The number of hydrogen-bond donors (Lipinski definition) is 0. The molecule has 0 fully saturated rings. The Morgan fingerprint density at radius 3 is 2.42 bits per heavy atom. The van der Waals surface area contributed by atoms with E-state index in [1.165, 1.54) is 6.08 Å². The van der Waals surface area contributed by atoms with Crippen molar-refractivity contribution in [3.63, 3.8) is 0 Å². The van der Waals surface area contributed by atoms with E-state index in [1.807, 2.05) is 6.07 Å². The van der Waals surface area contributed by atoms with Crippen molar-refractivity contribution >= 4 is 35.1 Å². The molecule has 3 rings (SSSR count). The van der Waals surface area contributed by atoms with Gasteiger partial charge >= 0.3 is 0 Å². The van der Waals surface area contributed by atoms with E-state index < -0.39 is 0 Å². The van der Waals surface area contributed by atoms with Gasteiger partial charge in [0.2, 0.25) is 0 Å². The van der Waals surface area contributed by atoms with Crippen LogP contribution < -0.4 is 4.74 Å². The molecule has 0 unspecified atom stereocenters. The maximum Gasteiger partial charge on any atom is 0.187 e. The largest absolute Gasteiger partial charge is 0.465 e. The molecule has 1 aromatic heterocycles. The molecular formula is C21H14Cl2O3. The van der Waals surface area contributed by atoms with Crippen LogP contribution in [0, 0.1) is 0 Å². The number of furan rings is 1. The summed E-state index contributed by atoms with van der Waals surface area (Å²) >= 11 is 12.1. The van der Waals surface area contributed by atoms with Gasteiger partial charge in [0, 0.05) is 16.7 Å². The lowest BCUT2D eigenvalue weighted by molar-refractivity contribution is 0.104. The van der Waals surface area contributed by atoms with Crippen molar-refractivity contribution in [1.82, 2.24) is 0 Å². The van der Waals surface area contributed by atoms with Gasteiger partial charge in [-0.2, -0.15) is 0 Å². The van der Waals surface area contributed by atoms with E-state index in [4.69, 9.17) is 32.4 Å². The van der Waals surface area contributed by atoms with Crippen molar-refractivity contribution in [1.29, 1.82) is 0 Å². The summed E-state index contributed by atoms with van der Waals surface area (Å²) in [6, 6.07) is 15.5. The number of carbonyl (C=O) groups is 1. The fraction of sp³-hybridized carbons (Fsp3) is 0. The number of allylic oxidation sites excluding steroid dienone is 3. The monoisotopic (exact) mass is 384 g/mol. The van der Waals surface area contributed by atoms with Crippen LogP contribution in [0.25, 0.3) is 6.08 Å². The molecule has 0 amide bonds. The summed E-state index contributed by atoms with van der Waals surface area (Å²) < 4.78 is 10.9. The number of ketones is 1. The number of carbonyl (C=O) groups excluding carboxylic acids is 1. The van der Waals surface area contributed by atoms with Gasteiger partial charge < -0.3 is 9.15 Å². The van der Waals surface area contributed by atoms with E-state index in [9.17, 15) is 4.79 Å². The molecule has 3 nitrogen and oxygen atoms in total. The standard InChI is InChI=1S/C21H14Cl2O3/c22-15-7-9-17(10-8-15)26-18-11-12-19(20(23)14-18)21(24)6-2-1-4-16-5-3-13-25-16/h1-14H. The van der Waals surface area contributed by atoms with Crippen LogP contribution in [-0.4, -0.2) is 5.78 Å². The number of halogens is 2. The van der Waals surface area contributed by atoms with Crippen LogP contribution in [0.5, 0.6) is 11.5 Å². The van der Waals surface area contributed by atoms with Crippen molar-refractivity contribution < 1.29 is 13.9 Å². The maximum atomic E-state index is 12.2. The van der Waals surface area contributed by atoms with Crippen LogP contribution in [0.3, 0.4) is 0 Å². The quantitative estimate of drug-likeness (QED) is 0.265. The lowest BCUT2D eigenvalue weighted by Gasteiger charge is -2.07. The van der Waals surface area contributed by atoms with Gasteiger partial charge in [-0.3, -0.25) is 4.79 Å². The summed E-state index contributed by atoms with van der Waals surface area (Å²) in [5.74, 6) is 1.68. The molecule has 0 aliphatic carbocycles. The molecule has 0 aliphatic rings. The van der Waals surface area contributed by atoms with E-state index in [2.05, 4.69) is 0 Å². The molecule has 0 spiro atoms. The molecule has 5 heteroatoms. The van der Waals surface area contributed by atoms with Crippen LogP contribution in [-0.2, 0) is 0 Å². The van der Waals surface area contributed by atoms with Crippen molar-refractivity contribution in [2.45, 2.75) is 0 Å². The summed E-state index contributed by atoms with van der Waals surface area (Å²) in [4.78, 5) is 12.2. The van der Waals surface area contributed by atoms with Crippen molar-refractivity contribution in [2.75, 3.05) is 0 Å². The van der Waals surface area contributed by atoms with Gasteiger partial charge in [-0.05, 0) is 60.7 Å². The molecule has 2 aromatic carbocycles. The molecule has 0 aliphatic heterocycles. The second-order valence-corrected chi connectivity index (χ2v) is 6.14. The van der Waals surface area contributed by atoms with E-state index >= 15 is 0 Å². The summed E-state index contributed by atoms with van der Waals surface area (Å²) in [6.07, 6.45) is 8.15. The van der Waals surface area contributed by atoms with E-state index in [0.29, 0.717) is 32.9 Å². The van der Waals surface area contributed by atoms with Crippen LogP contribution in [0.2, 0.25) is 10.0 Å². The zero-order valence-corrected chi connectivity index (χ0v) is 15.1. The molecule has 1 heterocycles. The van der Waals surface area contributed by atoms with E-state index in [0.717, 1.165) is 0 Å². The van der Waals surface area contributed by atoms with Crippen LogP contribution in [0.4, 0.5) is 0 Å². The highest BCUT2D eigenvalue weighted by atomic mass is 35.5. The third-order valence-corrected chi connectivity index (χ3v) is 3.98.